The van der Waals surface area contributed by atoms with Gasteiger partial charge in [-0.2, -0.15) is 0 Å². The number of halogens is 1. The first-order chi connectivity index (χ1) is 14.5. The van der Waals surface area contributed by atoms with Crippen LogP contribution in [-0.2, 0) is 0 Å². The number of hydrogen-bond acceptors (Lipinski definition) is 4. The lowest BCUT2D eigenvalue weighted by atomic mass is 10.1. The number of nitrogens with zero attached hydrogens (tertiary/aromatic N) is 1. The summed E-state index contributed by atoms with van der Waals surface area (Å²) >= 11 is 5.93. The van der Waals surface area contributed by atoms with Crippen molar-refractivity contribution in [2.24, 2.45) is 0 Å². The summed E-state index contributed by atoms with van der Waals surface area (Å²) in [6.45, 7) is 0. The number of anilines is 2. The quantitative estimate of drug-likeness (QED) is 0.496. The van der Waals surface area contributed by atoms with Gasteiger partial charge in [-0.15, -0.1) is 0 Å². The molecular weight excluding hydrogens is 402 g/mol. The molecule has 7 heteroatoms. The summed E-state index contributed by atoms with van der Waals surface area (Å²) in [5, 5.41) is 3.94. The second-order valence-electron chi connectivity index (χ2n) is 6.61. The van der Waals surface area contributed by atoms with Gasteiger partial charge in [-0.3, -0.25) is 14.2 Å². The lowest BCUT2D eigenvalue weighted by Crippen LogP contribution is -2.17. The molecule has 0 saturated carbocycles. The molecule has 0 spiro atoms. The number of benzene rings is 3. The molecule has 150 valence electrons. The normalized spacial score (nSPS) is 10.7. The molecule has 4 rings (SSSR count). The lowest BCUT2D eigenvalue weighted by Gasteiger charge is -2.08. The number of carbonyl (C=O) groups excluding carboxylic acids is 2. The first-order valence-corrected chi connectivity index (χ1v) is 9.52. The largest absolute Gasteiger partial charge is 0.497 e. The van der Waals surface area contributed by atoms with Crippen LogP contribution in [0.5, 0.6) is 5.75 Å². The summed E-state index contributed by atoms with van der Waals surface area (Å²) in [5.74, 6) is 0.000209. The van der Waals surface area contributed by atoms with E-state index in [0.29, 0.717) is 32.9 Å². The van der Waals surface area contributed by atoms with Crippen molar-refractivity contribution in [3.8, 4) is 5.75 Å². The SMILES string of the molecule is COc1ccc(NC(=O)c2c(N)n(C(=O)c3ccc(Cl)cc3)c3ccccc23)cc1. The summed E-state index contributed by atoms with van der Waals surface area (Å²) in [6, 6.07) is 20.5. The predicted molar refractivity (Wildman–Crippen MR) is 118 cm³/mol. The number of hydrogen-bond donors (Lipinski definition) is 2. The highest BCUT2D eigenvalue weighted by Gasteiger charge is 2.24. The third-order valence-corrected chi connectivity index (χ3v) is 5.03. The van der Waals surface area contributed by atoms with Gasteiger partial charge in [0, 0.05) is 21.7 Å². The molecule has 0 aliphatic carbocycles. The zero-order valence-electron chi connectivity index (χ0n) is 16.1. The van der Waals surface area contributed by atoms with Gasteiger partial charge in [0.1, 0.15) is 11.6 Å². The first kappa shape index (κ1) is 19.5. The van der Waals surface area contributed by atoms with Crippen molar-refractivity contribution in [3.63, 3.8) is 0 Å². The maximum Gasteiger partial charge on any atom is 0.263 e. The molecule has 0 aliphatic rings. The number of carbonyl (C=O) groups is 2. The zero-order chi connectivity index (χ0) is 21.3. The van der Waals surface area contributed by atoms with E-state index in [4.69, 9.17) is 22.1 Å². The minimum absolute atomic E-state index is 0.0714. The number of para-hydroxylation sites is 1. The molecule has 30 heavy (non-hydrogen) atoms. The Bertz CT molecular complexity index is 1250. The fourth-order valence-corrected chi connectivity index (χ4v) is 3.43. The van der Waals surface area contributed by atoms with Crippen LogP contribution in [0.1, 0.15) is 20.7 Å². The van der Waals surface area contributed by atoms with Crippen molar-refractivity contribution in [1.82, 2.24) is 4.57 Å². The van der Waals surface area contributed by atoms with Crippen LogP contribution in [0.25, 0.3) is 10.9 Å². The molecule has 0 fully saturated rings. The highest BCUT2D eigenvalue weighted by Crippen LogP contribution is 2.30. The minimum Gasteiger partial charge on any atom is -0.497 e. The Morgan fingerprint density at radius 2 is 1.63 bits per heavy atom. The number of rotatable bonds is 4. The minimum atomic E-state index is -0.406. The second-order valence-corrected chi connectivity index (χ2v) is 7.04. The Morgan fingerprint density at radius 3 is 2.30 bits per heavy atom. The Kier molecular flexibility index (Phi) is 5.16. The van der Waals surface area contributed by atoms with E-state index >= 15 is 0 Å². The first-order valence-electron chi connectivity index (χ1n) is 9.14. The maximum atomic E-state index is 13.2. The van der Waals surface area contributed by atoms with Crippen molar-refractivity contribution in [2.75, 3.05) is 18.2 Å². The van der Waals surface area contributed by atoms with E-state index in [-0.39, 0.29) is 17.3 Å². The third kappa shape index (κ3) is 3.49. The van der Waals surface area contributed by atoms with Gasteiger partial charge in [-0.1, -0.05) is 29.8 Å². The number of nitrogens with one attached hydrogen (secondary N) is 1. The summed E-state index contributed by atoms with van der Waals surface area (Å²) < 4.78 is 6.48. The number of nitrogens with two attached hydrogens (primary N) is 1. The van der Waals surface area contributed by atoms with Crippen LogP contribution < -0.4 is 15.8 Å². The van der Waals surface area contributed by atoms with Crippen LogP contribution in [0, 0.1) is 0 Å². The number of amides is 1. The number of nitrogen functional groups attached to an aromatic ring is 1. The molecule has 0 saturated heterocycles. The molecular formula is C23H18ClN3O3. The van der Waals surface area contributed by atoms with E-state index in [9.17, 15) is 9.59 Å². The Labute approximate surface area is 177 Å². The average Bonchev–Trinajstić information content (AvgIpc) is 3.06. The van der Waals surface area contributed by atoms with Crippen molar-refractivity contribution < 1.29 is 14.3 Å². The standard InChI is InChI=1S/C23H18ClN3O3/c1-30-17-12-10-16(11-13-17)26-22(28)20-18-4-2-3-5-19(18)27(21(20)25)23(29)14-6-8-15(24)9-7-14/h2-13H,25H2,1H3,(H,26,28). The molecule has 0 bridgehead atoms. The zero-order valence-corrected chi connectivity index (χ0v) is 16.8. The fraction of sp³-hybridized carbons (Fsp3) is 0.0435. The van der Waals surface area contributed by atoms with E-state index in [1.807, 2.05) is 0 Å². The highest BCUT2D eigenvalue weighted by molar-refractivity contribution is 6.30. The van der Waals surface area contributed by atoms with Crippen LogP contribution in [-0.4, -0.2) is 23.5 Å². The van der Waals surface area contributed by atoms with Crippen LogP contribution in [0.3, 0.4) is 0 Å². The number of aromatic nitrogens is 1. The van der Waals surface area contributed by atoms with Gasteiger partial charge in [0.2, 0.25) is 0 Å². The van der Waals surface area contributed by atoms with Gasteiger partial charge >= 0.3 is 0 Å². The Hall–Kier alpha value is -3.77. The summed E-state index contributed by atoms with van der Waals surface area (Å²) in [7, 11) is 1.57. The van der Waals surface area contributed by atoms with Crippen LogP contribution in [0.2, 0.25) is 5.02 Å². The molecule has 0 radical (unpaired) electrons. The fourth-order valence-electron chi connectivity index (χ4n) is 3.31. The molecule has 0 aliphatic heterocycles. The van der Waals surface area contributed by atoms with Crippen molar-refractivity contribution in [2.45, 2.75) is 0 Å². The Morgan fingerprint density at radius 1 is 0.967 bits per heavy atom. The van der Waals surface area contributed by atoms with Crippen molar-refractivity contribution in [3.05, 3.63) is 88.9 Å². The number of fused-ring (bicyclic) bond motifs is 1. The van der Waals surface area contributed by atoms with Gasteiger partial charge in [0.25, 0.3) is 11.8 Å². The van der Waals surface area contributed by atoms with Gasteiger partial charge in [0.05, 0.1) is 18.2 Å². The van der Waals surface area contributed by atoms with Gasteiger partial charge < -0.3 is 15.8 Å². The molecule has 1 amide bonds. The molecule has 1 aromatic heterocycles. The van der Waals surface area contributed by atoms with E-state index in [0.717, 1.165) is 0 Å². The van der Waals surface area contributed by atoms with Gasteiger partial charge in [0.15, 0.2) is 0 Å². The summed E-state index contributed by atoms with van der Waals surface area (Å²) in [5.41, 5.74) is 8.11. The van der Waals surface area contributed by atoms with E-state index in [1.54, 1.807) is 79.9 Å². The van der Waals surface area contributed by atoms with Crippen molar-refractivity contribution in [1.29, 1.82) is 0 Å². The van der Waals surface area contributed by atoms with Gasteiger partial charge in [-0.25, -0.2) is 0 Å². The molecule has 3 N–H and O–H groups in total. The molecule has 1 heterocycles. The average molecular weight is 420 g/mol. The lowest BCUT2D eigenvalue weighted by molar-refractivity contribution is 0.0967. The number of methoxy groups -OCH3 is 1. The monoisotopic (exact) mass is 419 g/mol. The maximum absolute atomic E-state index is 13.2. The van der Waals surface area contributed by atoms with Crippen LogP contribution in [0.4, 0.5) is 11.5 Å². The molecule has 6 nitrogen and oxygen atoms in total. The summed E-state index contributed by atoms with van der Waals surface area (Å²) in [6.07, 6.45) is 0. The molecule has 0 atom stereocenters. The molecule has 4 aromatic rings. The van der Waals surface area contributed by atoms with E-state index in [2.05, 4.69) is 5.32 Å². The molecule has 3 aromatic carbocycles. The second kappa shape index (κ2) is 7.93. The van der Waals surface area contributed by atoms with Crippen molar-refractivity contribution >= 4 is 45.8 Å². The Balaban J connectivity index is 1.77. The van der Waals surface area contributed by atoms with Crippen LogP contribution in [0.15, 0.2) is 72.8 Å². The van der Waals surface area contributed by atoms with E-state index < -0.39 is 5.91 Å². The smallest absolute Gasteiger partial charge is 0.263 e. The van der Waals surface area contributed by atoms with Crippen LogP contribution >= 0.6 is 11.6 Å². The third-order valence-electron chi connectivity index (χ3n) is 4.78. The predicted octanol–water partition coefficient (Wildman–Crippen LogP) is 4.83. The molecule has 0 unspecified atom stereocenters. The summed E-state index contributed by atoms with van der Waals surface area (Å²) in [4.78, 5) is 26.2. The number of ether oxygens (including phenoxy) is 1. The van der Waals surface area contributed by atoms with Gasteiger partial charge in [-0.05, 0) is 54.6 Å². The highest BCUT2D eigenvalue weighted by atomic mass is 35.5. The van der Waals surface area contributed by atoms with E-state index in [1.165, 1.54) is 4.57 Å². The topological polar surface area (TPSA) is 86.3 Å².